The number of aliphatic hydroxyl groups excluding tert-OH is 1. The maximum Gasteiger partial charge on any atom is 0.162 e. The summed E-state index contributed by atoms with van der Waals surface area (Å²) in [6.07, 6.45) is 3.53. The average Bonchev–Trinajstić information content (AvgIpc) is 2.75. The first-order chi connectivity index (χ1) is 13.3. The van der Waals surface area contributed by atoms with Gasteiger partial charge in [0, 0.05) is 62.3 Å². The van der Waals surface area contributed by atoms with Crippen LogP contribution >= 0.6 is 0 Å². The molecule has 0 spiro atoms. The number of anilines is 1. The predicted octanol–water partition coefficient (Wildman–Crippen LogP) is 2.32. The van der Waals surface area contributed by atoms with Crippen LogP contribution in [0.4, 0.5) is 5.82 Å². The molecule has 1 saturated heterocycles. The summed E-state index contributed by atoms with van der Waals surface area (Å²) in [6, 6.07) is 16.1. The molecule has 0 saturated carbocycles. The molecule has 3 heterocycles. The van der Waals surface area contributed by atoms with Crippen LogP contribution in [0.3, 0.4) is 0 Å². The molecule has 1 aliphatic heterocycles. The Labute approximate surface area is 159 Å². The second-order valence-corrected chi connectivity index (χ2v) is 6.59. The Morgan fingerprint density at radius 1 is 0.852 bits per heavy atom. The van der Waals surface area contributed by atoms with Gasteiger partial charge in [0.1, 0.15) is 5.82 Å². The van der Waals surface area contributed by atoms with E-state index >= 15 is 0 Å². The van der Waals surface area contributed by atoms with E-state index in [-0.39, 0.29) is 6.61 Å². The lowest BCUT2D eigenvalue weighted by molar-refractivity contribution is 0.188. The van der Waals surface area contributed by atoms with Gasteiger partial charge in [-0.15, -0.1) is 0 Å². The maximum absolute atomic E-state index is 9.15. The molecule has 2 aromatic heterocycles. The highest BCUT2D eigenvalue weighted by atomic mass is 16.3. The second-order valence-electron chi connectivity index (χ2n) is 6.59. The van der Waals surface area contributed by atoms with Crippen molar-refractivity contribution in [3.8, 4) is 22.6 Å². The second kappa shape index (κ2) is 8.24. The van der Waals surface area contributed by atoms with Gasteiger partial charge in [0.05, 0.1) is 12.3 Å². The molecule has 27 heavy (non-hydrogen) atoms. The van der Waals surface area contributed by atoms with Crippen LogP contribution in [-0.4, -0.2) is 64.3 Å². The van der Waals surface area contributed by atoms with Crippen molar-refractivity contribution < 1.29 is 5.11 Å². The van der Waals surface area contributed by atoms with Crippen LogP contribution < -0.4 is 4.90 Å². The van der Waals surface area contributed by atoms with Gasteiger partial charge in [-0.3, -0.25) is 9.88 Å². The highest BCUT2D eigenvalue weighted by Crippen LogP contribution is 2.26. The molecule has 0 aliphatic carbocycles. The quantitative estimate of drug-likeness (QED) is 0.752. The molecule has 0 amide bonds. The SMILES string of the molecule is OCCN1CCN(c2cc(-c3ccccc3)nc(-c3ccncc3)n2)CC1. The molecule has 0 radical (unpaired) electrons. The monoisotopic (exact) mass is 361 g/mol. The summed E-state index contributed by atoms with van der Waals surface area (Å²) < 4.78 is 0. The number of hydrogen-bond donors (Lipinski definition) is 1. The van der Waals surface area contributed by atoms with Gasteiger partial charge in [-0.2, -0.15) is 0 Å². The van der Waals surface area contributed by atoms with Crippen molar-refractivity contribution in [2.45, 2.75) is 0 Å². The van der Waals surface area contributed by atoms with E-state index in [1.807, 2.05) is 30.3 Å². The molecule has 6 heteroatoms. The van der Waals surface area contributed by atoms with E-state index in [0.29, 0.717) is 5.82 Å². The van der Waals surface area contributed by atoms with Gasteiger partial charge in [-0.25, -0.2) is 9.97 Å². The molecule has 4 rings (SSSR count). The van der Waals surface area contributed by atoms with Gasteiger partial charge in [0.2, 0.25) is 0 Å². The highest BCUT2D eigenvalue weighted by Gasteiger charge is 2.19. The lowest BCUT2D eigenvalue weighted by Crippen LogP contribution is -2.47. The van der Waals surface area contributed by atoms with Crippen molar-refractivity contribution in [1.82, 2.24) is 19.9 Å². The lowest BCUT2D eigenvalue weighted by Gasteiger charge is -2.35. The number of hydrogen-bond acceptors (Lipinski definition) is 6. The van der Waals surface area contributed by atoms with E-state index in [4.69, 9.17) is 15.1 Å². The molecular weight excluding hydrogens is 338 g/mol. The normalized spacial score (nSPS) is 15.1. The molecule has 138 valence electrons. The third-order valence-corrected chi connectivity index (χ3v) is 4.83. The smallest absolute Gasteiger partial charge is 0.162 e. The summed E-state index contributed by atoms with van der Waals surface area (Å²) in [4.78, 5) is 18.3. The first-order valence-electron chi connectivity index (χ1n) is 9.26. The Morgan fingerprint density at radius 3 is 2.30 bits per heavy atom. The van der Waals surface area contributed by atoms with Crippen LogP contribution in [0.15, 0.2) is 60.9 Å². The zero-order valence-corrected chi connectivity index (χ0v) is 15.2. The number of benzene rings is 1. The fourth-order valence-corrected chi connectivity index (χ4v) is 3.33. The minimum atomic E-state index is 0.206. The zero-order chi connectivity index (χ0) is 18.5. The molecule has 3 aromatic rings. The van der Waals surface area contributed by atoms with Crippen molar-refractivity contribution in [1.29, 1.82) is 0 Å². The number of aromatic nitrogens is 3. The van der Waals surface area contributed by atoms with E-state index < -0.39 is 0 Å². The van der Waals surface area contributed by atoms with Gasteiger partial charge >= 0.3 is 0 Å². The number of aliphatic hydroxyl groups is 1. The van der Waals surface area contributed by atoms with Crippen LogP contribution in [0.5, 0.6) is 0 Å². The third-order valence-electron chi connectivity index (χ3n) is 4.83. The number of β-amino-alcohol motifs (C(OH)–C–C–N with tert-alkyl or cyclic N) is 1. The van der Waals surface area contributed by atoms with Crippen molar-refractivity contribution in [3.63, 3.8) is 0 Å². The Bertz CT molecular complexity index is 807. The summed E-state index contributed by atoms with van der Waals surface area (Å²) in [7, 11) is 0. The minimum absolute atomic E-state index is 0.206. The fraction of sp³-hybridized carbons (Fsp3) is 0.286. The first-order valence-corrected chi connectivity index (χ1v) is 9.26. The van der Waals surface area contributed by atoms with Gasteiger partial charge in [0.15, 0.2) is 5.82 Å². The molecule has 1 N–H and O–H groups in total. The Morgan fingerprint density at radius 2 is 1.59 bits per heavy atom. The molecule has 0 bridgehead atoms. The Hall–Kier alpha value is -2.83. The number of piperazine rings is 1. The molecular formula is C21H23N5O. The molecule has 1 fully saturated rings. The van der Waals surface area contributed by atoms with Crippen molar-refractivity contribution in [2.75, 3.05) is 44.2 Å². The molecule has 0 unspecified atom stereocenters. The number of rotatable bonds is 5. The number of pyridine rings is 1. The standard InChI is InChI=1S/C21H23N5O/c27-15-14-25-10-12-26(13-11-25)20-16-19(17-4-2-1-3-5-17)23-21(24-20)18-6-8-22-9-7-18/h1-9,16,27H,10-15H2. The van der Waals surface area contributed by atoms with E-state index in [1.54, 1.807) is 12.4 Å². The third kappa shape index (κ3) is 4.13. The Balaban J connectivity index is 1.69. The fourth-order valence-electron chi connectivity index (χ4n) is 3.33. The first kappa shape index (κ1) is 17.6. The summed E-state index contributed by atoms with van der Waals surface area (Å²) >= 11 is 0. The lowest BCUT2D eigenvalue weighted by atomic mass is 10.1. The average molecular weight is 361 g/mol. The van der Waals surface area contributed by atoms with Gasteiger partial charge < -0.3 is 10.0 Å². The van der Waals surface area contributed by atoms with Crippen molar-refractivity contribution in [2.24, 2.45) is 0 Å². The van der Waals surface area contributed by atoms with Gasteiger partial charge in [0.25, 0.3) is 0 Å². The van der Waals surface area contributed by atoms with Crippen molar-refractivity contribution in [3.05, 3.63) is 60.9 Å². The zero-order valence-electron chi connectivity index (χ0n) is 15.2. The summed E-state index contributed by atoms with van der Waals surface area (Å²) in [6.45, 7) is 4.57. The van der Waals surface area contributed by atoms with Gasteiger partial charge in [-0.1, -0.05) is 30.3 Å². The number of nitrogens with zero attached hydrogens (tertiary/aromatic N) is 5. The molecule has 6 nitrogen and oxygen atoms in total. The van der Waals surface area contributed by atoms with Crippen LogP contribution in [0.25, 0.3) is 22.6 Å². The Kier molecular flexibility index (Phi) is 5.37. The van der Waals surface area contributed by atoms with Crippen LogP contribution in [0.1, 0.15) is 0 Å². The summed E-state index contributed by atoms with van der Waals surface area (Å²) in [5.41, 5.74) is 2.96. The predicted molar refractivity (Wildman–Crippen MR) is 106 cm³/mol. The summed E-state index contributed by atoms with van der Waals surface area (Å²) in [5.74, 6) is 1.66. The van der Waals surface area contributed by atoms with Crippen LogP contribution in [0.2, 0.25) is 0 Å². The molecule has 1 aliphatic rings. The molecule has 1 aromatic carbocycles. The van der Waals surface area contributed by atoms with E-state index in [9.17, 15) is 0 Å². The largest absolute Gasteiger partial charge is 0.395 e. The van der Waals surface area contributed by atoms with Gasteiger partial charge in [-0.05, 0) is 12.1 Å². The van der Waals surface area contributed by atoms with Crippen LogP contribution in [0, 0.1) is 0 Å². The summed E-state index contributed by atoms with van der Waals surface area (Å²) in [5, 5.41) is 9.15. The van der Waals surface area contributed by atoms with E-state index in [2.05, 4.69) is 33.0 Å². The highest BCUT2D eigenvalue weighted by molar-refractivity contribution is 5.67. The van der Waals surface area contributed by atoms with Crippen LogP contribution in [-0.2, 0) is 0 Å². The molecule has 0 atom stereocenters. The minimum Gasteiger partial charge on any atom is -0.395 e. The van der Waals surface area contributed by atoms with E-state index in [1.165, 1.54) is 0 Å². The van der Waals surface area contributed by atoms with E-state index in [0.717, 1.165) is 55.4 Å². The topological polar surface area (TPSA) is 65.4 Å². The maximum atomic E-state index is 9.15. The van der Waals surface area contributed by atoms with Crippen molar-refractivity contribution >= 4 is 5.82 Å².